The lowest BCUT2D eigenvalue weighted by atomic mass is 10.6. The molecule has 9 heavy (non-hydrogen) atoms. The van der Waals surface area contributed by atoms with Crippen molar-refractivity contribution < 1.29 is 0 Å². The van der Waals surface area contributed by atoms with Gasteiger partial charge in [0.05, 0.1) is 6.33 Å². The summed E-state index contributed by atoms with van der Waals surface area (Å²) < 4.78 is 0. The molecule has 0 aromatic carbocycles. The Balaban J connectivity index is 0.000000148. The van der Waals surface area contributed by atoms with Gasteiger partial charge in [-0.25, -0.2) is 4.98 Å². The van der Waals surface area contributed by atoms with Gasteiger partial charge in [0, 0.05) is 12.4 Å². The van der Waals surface area contributed by atoms with Gasteiger partial charge in [-0.3, -0.25) is 0 Å². The number of aromatic nitrogens is 2. The van der Waals surface area contributed by atoms with Crippen LogP contribution in [0, 0.1) is 0 Å². The van der Waals surface area contributed by atoms with E-state index in [-0.39, 0.29) is 0 Å². The van der Waals surface area contributed by atoms with E-state index in [4.69, 9.17) is 0 Å². The van der Waals surface area contributed by atoms with E-state index in [2.05, 4.69) is 23.1 Å². The molecular weight excluding hydrogens is 112 g/mol. The first-order chi connectivity index (χ1) is 4.41. The first-order valence-corrected chi connectivity index (χ1v) is 2.58. The largest absolute Gasteiger partial charge is 0.351 e. The summed E-state index contributed by atoms with van der Waals surface area (Å²) in [6.07, 6.45) is 8.36. The monoisotopic (exact) mass is 122 g/mol. The third-order valence-corrected chi connectivity index (χ3v) is 0.573. The molecule has 48 valence electrons. The third kappa shape index (κ3) is 6.69. The molecule has 0 aliphatic carbocycles. The number of H-pyrrole nitrogens is 1. The molecule has 1 heterocycles. The normalized spacial score (nSPS) is 6.67. The molecule has 0 fully saturated rings. The highest BCUT2D eigenvalue weighted by Crippen LogP contribution is 1.62. The molecule has 0 saturated heterocycles. The van der Waals surface area contributed by atoms with Gasteiger partial charge in [0.15, 0.2) is 0 Å². The molecular formula is C7H10N2. The lowest BCUT2D eigenvalue weighted by molar-refractivity contribution is 1.31. The van der Waals surface area contributed by atoms with Crippen LogP contribution in [0.1, 0.15) is 0 Å². The van der Waals surface area contributed by atoms with Gasteiger partial charge in [0.2, 0.25) is 0 Å². The Kier molecular flexibility index (Phi) is 5.72. The fourth-order valence-corrected chi connectivity index (χ4v) is 0.215. The lowest BCUT2D eigenvalue weighted by Gasteiger charge is -1.46. The minimum atomic E-state index is 1.62. The third-order valence-electron chi connectivity index (χ3n) is 0.573. The summed E-state index contributed by atoms with van der Waals surface area (Å²) in [7, 11) is 0. The molecule has 0 amide bonds. The SMILES string of the molecule is C=CC=C.c1c[nH]cn1. The Morgan fingerprint density at radius 3 is 2.11 bits per heavy atom. The number of hydrogen-bond acceptors (Lipinski definition) is 1. The maximum absolute atomic E-state index is 3.67. The fourth-order valence-electron chi connectivity index (χ4n) is 0.215. The second-order valence-corrected chi connectivity index (χ2v) is 1.23. The number of rotatable bonds is 1. The molecule has 0 unspecified atom stereocenters. The van der Waals surface area contributed by atoms with E-state index in [0.717, 1.165) is 0 Å². The molecule has 0 radical (unpaired) electrons. The molecule has 0 atom stereocenters. The minimum Gasteiger partial charge on any atom is -0.351 e. The zero-order valence-electron chi connectivity index (χ0n) is 5.25. The topological polar surface area (TPSA) is 28.7 Å². The maximum atomic E-state index is 3.67. The van der Waals surface area contributed by atoms with E-state index in [1.807, 2.05) is 0 Å². The number of nitrogens with one attached hydrogen (secondary N) is 1. The number of nitrogens with zero attached hydrogens (tertiary/aromatic N) is 1. The molecule has 1 aromatic rings. The van der Waals surface area contributed by atoms with Gasteiger partial charge in [0.25, 0.3) is 0 Å². The summed E-state index contributed by atoms with van der Waals surface area (Å²) in [6, 6.07) is 0. The Bertz CT molecular complexity index is 119. The molecule has 2 heteroatoms. The number of allylic oxidation sites excluding steroid dienone is 2. The van der Waals surface area contributed by atoms with E-state index < -0.39 is 0 Å². The standard InChI is InChI=1S/C4H6.C3H4N2/c1-3-4-2;1-2-5-3-4-1/h3-4H,1-2H2;1-3H,(H,4,5). The van der Waals surface area contributed by atoms with Crippen molar-refractivity contribution in [3.8, 4) is 0 Å². The highest BCUT2D eigenvalue weighted by molar-refractivity contribution is 4.88. The first kappa shape index (κ1) is 7.69. The molecule has 0 saturated carbocycles. The van der Waals surface area contributed by atoms with Crippen molar-refractivity contribution in [3.05, 3.63) is 44.0 Å². The molecule has 0 aliphatic heterocycles. The predicted octanol–water partition coefficient (Wildman–Crippen LogP) is 1.77. The van der Waals surface area contributed by atoms with E-state index >= 15 is 0 Å². The molecule has 2 nitrogen and oxygen atoms in total. The average Bonchev–Trinajstić information content (AvgIpc) is 2.43. The Morgan fingerprint density at radius 1 is 1.33 bits per heavy atom. The highest BCUT2D eigenvalue weighted by atomic mass is 14.8. The fraction of sp³-hybridized carbons (Fsp3) is 0. The van der Waals surface area contributed by atoms with E-state index in [1.54, 1.807) is 30.9 Å². The van der Waals surface area contributed by atoms with Crippen LogP contribution < -0.4 is 0 Å². The van der Waals surface area contributed by atoms with Gasteiger partial charge >= 0.3 is 0 Å². The van der Waals surface area contributed by atoms with Crippen LogP contribution in [0.2, 0.25) is 0 Å². The molecule has 0 aliphatic rings. The first-order valence-electron chi connectivity index (χ1n) is 2.58. The summed E-state index contributed by atoms with van der Waals surface area (Å²) in [5.74, 6) is 0. The van der Waals surface area contributed by atoms with Crippen LogP contribution in [0.4, 0.5) is 0 Å². The summed E-state index contributed by atoms with van der Waals surface area (Å²) in [5.41, 5.74) is 0. The predicted molar refractivity (Wildman–Crippen MR) is 39.0 cm³/mol. The van der Waals surface area contributed by atoms with Crippen molar-refractivity contribution in [1.29, 1.82) is 0 Å². The molecule has 0 spiro atoms. The molecule has 1 N–H and O–H groups in total. The van der Waals surface area contributed by atoms with Crippen molar-refractivity contribution in [3.63, 3.8) is 0 Å². The van der Waals surface area contributed by atoms with E-state index in [1.165, 1.54) is 0 Å². The Morgan fingerprint density at radius 2 is 2.00 bits per heavy atom. The minimum absolute atomic E-state index is 1.62. The van der Waals surface area contributed by atoms with Gasteiger partial charge in [0.1, 0.15) is 0 Å². The van der Waals surface area contributed by atoms with Crippen molar-refractivity contribution in [1.82, 2.24) is 9.97 Å². The lowest BCUT2D eigenvalue weighted by Crippen LogP contribution is -1.44. The Hall–Kier alpha value is -1.31. The van der Waals surface area contributed by atoms with Crippen molar-refractivity contribution >= 4 is 0 Å². The summed E-state index contributed by atoms with van der Waals surface area (Å²) >= 11 is 0. The second-order valence-electron chi connectivity index (χ2n) is 1.23. The summed E-state index contributed by atoms with van der Waals surface area (Å²) in [6.45, 7) is 6.72. The van der Waals surface area contributed by atoms with Crippen molar-refractivity contribution in [2.45, 2.75) is 0 Å². The van der Waals surface area contributed by atoms with Crippen LogP contribution in [0.25, 0.3) is 0 Å². The van der Waals surface area contributed by atoms with E-state index in [9.17, 15) is 0 Å². The van der Waals surface area contributed by atoms with Gasteiger partial charge < -0.3 is 4.98 Å². The van der Waals surface area contributed by atoms with Crippen molar-refractivity contribution in [2.75, 3.05) is 0 Å². The van der Waals surface area contributed by atoms with Crippen LogP contribution in [0.3, 0.4) is 0 Å². The zero-order valence-corrected chi connectivity index (χ0v) is 5.25. The van der Waals surface area contributed by atoms with Gasteiger partial charge in [-0.2, -0.15) is 0 Å². The van der Waals surface area contributed by atoms with Crippen LogP contribution in [0.5, 0.6) is 0 Å². The quantitative estimate of drug-likeness (QED) is 0.565. The Labute approximate surface area is 54.9 Å². The van der Waals surface area contributed by atoms with Crippen molar-refractivity contribution in [2.24, 2.45) is 0 Å². The van der Waals surface area contributed by atoms with Crippen LogP contribution >= 0.6 is 0 Å². The zero-order chi connectivity index (χ0) is 6.95. The second kappa shape index (κ2) is 6.69. The van der Waals surface area contributed by atoms with Crippen LogP contribution in [0.15, 0.2) is 44.0 Å². The number of imidazole rings is 1. The van der Waals surface area contributed by atoms with Crippen LogP contribution in [-0.2, 0) is 0 Å². The number of hydrogen-bond donors (Lipinski definition) is 1. The average molecular weight is 122 g/mol. The maximum Gasteiger partial charge on any atom is 0.0919 e. The van der Waals surface area contributed by atoms with Crippen LogP contribution in [-0.4, -0.2) is 9.97 Å². The summed E-state index contributed by atoms with van der Waals surface area (Å²) in [5, 5.41) is 0. The molecule has 1 aromatic heterocycles. The van der Waals surface area contributed by atoms with E-state index in [0.29, 0.717) is 0 Å². The molecule has 0 bridgehead atoms. The number of aromatic amines is 1. The smallest absolute Gasteiger partial charge is 0.0919 e. The van der Waals surface area contributed by atoms with Gasteiger partial charge in [-0.15, -0.1) is 0 Å². The highest BCUT2D eigenvalue weighted by Gasteiger charge is 1.56. The van der Waals surface area contributed by atoms with Gasteiger partial charge in [-0.05, 0) is 0 Å². The van der Waals surface area contributed by atoms with Gasteiger partial charge in [-0.1, -0.05) is 25.3 Å². The molecule has 1 rings (SSSR count). The summed E-state index contributed by atoms with van der Waals surface area (Å²) in [4.78, 5) is 6.42.